The summed E-state index contributed by atoms with van der Waals surface area (Å²) in [6.07, 6.45) is 6.00. The Hall–Kier alpha value is -2.03. The smallest absolute Gasteiger partial charge is 0.253 e. The molecule has 0 saturated heterocycles. The van der Waals surface area contributed by atoms with Crippen molar-refractivity contribution in [3.05, 3.63) is 42.1 Å². The molecule has 1 aliphatic carbocycles. The van der Waals surface area contributed by atoms with Crippen molar-refractivity contribution in [2.24, 2.45) is 0 Å². The zero-order valence-corrected chi connectivity index (χ0v) is 11.1. The average Bonchev–Trinajstić information content (AvgIpc) is 3.16. The molecular formula is C16H18N2O. The Morgan fingerprint density at radius 1 is 1.53 bits per heavy atom. The molecule has 1 aromatic carbocycles. The minimum atomic E-state index is 0.0473. The normalized spacial score (nSPS) is 14.6. The first-order chi connectivity index (χ1) is 9.22. The first-order valence-corrected chi connectivity index (χ1v) is 6.79. The van der Waals surface area contributed by atoms with Gasteiger partial charge >= 0.3 is 0 Å². The molecule has 1 fully saturated rings. The summed E-state index contributed by atoms with van der Waals surface area (Å²) in [7, 11) is 0. The number of nitrogens with zero attached hydrogens (tertiary/aromatic N) is 1. The van der Waals surface area contributed by atoms with E-state index in [2.05, 4.69) is 29.5 Å². The van der Waals surface area contributed by atoms with E-state index in [1.54, 1.807) is 0 Å². The molecule has 3 nitrogen and oxygen atoms in total. The maximum absolute atomic E-state index is 12.2. The lowest BCUT2D eigenvalue weighted by Crippen LogP contribution is -2.25. The number of hydrogen-bond acceptors (Lipinski definition) is 1. The summed E-state index contributed by atoms with van der Waals surface area (Å²) in [6, 6.07) is 6.49. The monoisotopic (exact) mass is 254 g/mol. The van der Waals surface area contributed by atoms with Gasteiger partial charge < -0.3 is 9.88 Å². The van der Waals surface area contributed by atoms with E-state index in [0.29, 0.717) is 6.04 Å². The fourth-order valence-corrected chi connectivity index (χ4v) is 2.37. The molecule has 3 rings (SSSR count). The maximum Gasteiger partial charge on any atom is 0.253 e. The van der Waals surface area contributed by atoms with Crippen LogP contribution >= 0.6 is 0 Å². The Labute approximate surface area is 112 Å². The molecule has 3 heteroatoms. The number of rotatable bonds is 4. The standard InChI is InChI=1S/C16H18N2O/c1-3-11-5-8-13-14(16(19)17-12-6-7-12)10-18(4-2)15(13)9-11/h3,5,8-10,12H,1,4,6-7H2,2H3,(H,17,19). The molecule has 1 amide bonds. The van der Waals surface area contributed by atoms with Crippen LogP contribution in [0.15, 0.2) is 31.0 Å². The molecular weight excluding hydrogens is 236 g/mol. The van der Waals surface area contributed by atoms with E-state index >= 15 is 0 Å². The lowest BCUT2D eigenvalue weighted by molar-refractivity contribution is 0.0952. The lowest BCUT2D eigenvalue weighted by Gasteiger charge is -2.02. The van der Waals surface area contributed by atoms with Crippen LogP contribution in [0.25, 0.3) is 17.0 Å². The van der Waals surface area contributed by atoms with E-state index in [-0.39, 0.29) is 5.91 Å². The number of amides is 1. The summed E-state index contributed by atoms with van der Waals surface area (Å²) >= 11 is 0. The summed E-state index contributed by atoms with van der Waals surface area (Å²) in [4.78, 5) is 12.2. The van der Waals surface area contributed by atoms with Gasteiger partial charge in [0, 0.05) is 29.7 Å². The van der Waals surface area contributed by atoms with Crippen molar-refractivity contribution in [1.29, 1.82) is 0 Å². The number of nitrogens with one attached hydrogen (secondary N) is 1. The van der Waals surface area contributed by atoms with Crippen molar-refractivity contribution in [2.75, 3.05) is 0 Å². The van der Waals surface area contributed by atoms with Gasteiger partial charge in [-0.2, -0.15) is 0 Å². The number of benzene rings is 1. The molecule has 0 bridgehead atoms. The zero-order valence-electron chi connectivity index (χ0n) is 11.1. The predicted molar refractivity (Wildman–Crippen MR) is 78.2 cm³/mol. The molecule has 0 aliphatic heterocycles. The minimum absolute atomic E-state index is 0.0473. The number of aromatic nitrogens is 1. The molecule has 1 aliphatic rings. The third-order valence-electron chi connectivity index (χ3n) is 3.64. The Bertz CT molecular complexity index is 650. The molecule has 0 radical (unpaired) electrons. The molecule has 0 spiro atoms. The van der Waals surface area contributed by atoms with Crippen molar-refractivity contribution < 1.29 is 4.79 Å². The first-order valence-electron chi connectivity index (χ1n) is 6.79. The molecule has 19 heavy (non-hydrogen) atoms. The number of carbonyl (C=O) groups excluding carboxylic acids is 1. The largest absolute Gasteiger partial charge is 0.349 e. The van der Waals surface area contributed by atoms with Gasteiger partial charge in [0.1, 0.15) is 0 Å². The Kier molecular flexibility index (Phi) is 2.90. The highest BCUT2D eigenvalue weighted by Crippen LogP contribution is 2.25. The van der Waals surface area contributed by atoms with E-state index in [0.717, 1.165) is 41.4 Å². The van der Waals surface area contributed by atoms with Crippen LogP contribution in [0.3, 0.4) is 0 Å². The summed E-state index contributed by atoms with van der Waals surface area (Å²) in [5, 5.41) is 4.07. The van der Waals surface area contributed by atoms with Crippen molar-refractivity contribution in [1.82, 2.24) is 9.88 Å². The van der Waals surface area contributed by atoms with E-state index in [1.807, 2.05) is 24.4 Å². The molecule has 98 valence electrons. The van der Waals surface area contributed by atoms with E-state index in [4.69, 9.17) is 0 Å². The highest BCUT2D eigenvalue weighted by molar-refractivity contribution is 6.07. The molecule has 2 aromatic rings. The maximum atomic E-state index is 12.2. The third kappa shape index (κ3) is 2.16. The van der Waals surface area contributed by atoms with Gasteiger partial charge in [0.05, 0.1) is 5.56 Å². The highest BCUT2D eigenvalue weighted by atomic mass is 16.1. The Morgan fingerprint density at radius 3 is 2.95 bits per heavy atom. The summed E-state index contributed by atoms with van der Waals surface area (Å²) in [5.74, 6) is 0.0473. The highest BCUT2D eigenvalue weighted by Gasteiger charge is 2.25. The number of fused-ring (bicyclic) bond motifs is 1. The van der Waals surface area contributed by atoms with Crippen LogP contribution in [0.2, 0.25) is 0 Å². The van der Waals surface area contributed by atoms with Crippen LogP contribution in [0.5, 0.6) is 0 Å². The second-order valence-electron chi connectivity index (χ2n) is 5.06. The number of carbonyl (C=O) groups is 1. The van der Waals surface area contributed by atoms with Gasteiger partial charge in [-0.05, 0) is 31.4 Å². The molecule has 0 atom stereocenters. The van der Waals surface area contributed by atoms with Gasteiger partial charge in [0.25, 0.3) is 5.91 Å². The first kappa shape index (κ1) is 12.0. The second kappa shape index (κ2) is 4.57. The van der Waals surface area contributed by atoms with Gasteiger partial charge in [-0.3, -0.25) is 4.79 Å². The van der Waals surface area contributed by atoms with Crippen molar-refractivity contribution >= 4 is 22.9 Å². The van der Waals surface area contributed by atoms with Crippen molar-refractivity contribution in [2.45, 2.75) is 32.4 Å². The van der Waals surface area contributed by atoms with Crippen molar-refractivity contribution in [3.8, 4) is 0 Å². The van der Waals surface area contributed by atoms with Gasteiger partial charge in [-0.25, -0.2) is 0 Å². The summed E-state index contributed by atoms with van der Waals surface area (Å²) in [6.45, 7) is 6.74. The number of aryl methyl sites for hydroxylation is 1. The quantitative estimate of drug-likeness (QED) is 0.893. The minimum Gasteiger partial charge on any atom is -0.349 e. The molecule has 0 unspecified atom stereocenters. The lowest BCUT2D eigenvalue weighted by atomic mass is 10.1. The zero-order chi connectivity index (χ0) is 13.4. The average molecular weight is 254 g/mol. The summed E-state index contributed by atoms with van der Waals surface area (Å²) in [5.41, 5.74) is 2.95. The summed E-state index contributed by atoms with van der Waals surface area (Å²) < 4.78 is 2.12. The van der Waals surface area contributed by atoms with Crippen LogP contribution in [-0.4, -0.2) is 16.5 Å². The van der Waals surface area contributed by atoms with Crippen molar-refractivity contribution in [3.63, 3.8) is 0 Å². The second-order valence-corrected chi connectivity index (χ2v) is 5.06. The Morgan fingerprint density at radius 2 is 2.32 bits per heavy atom. The van der Waals surface area contributed by atoms with Crippen LogP contribution < -0.4 is 5.32 Å². The fourth-order valence-electron chi connectivity index (χ4n) is 2.37. The van der Waals surface area contributed by atoms with E-state index in [9.17, 15) is 4.79 Å². The predicted octanol–water partition coefficient (Wildman–Crippen LogP) is 3.20. The van der Waals surface area contributed by atoms with E-state index in [1.165, 1.54) is 0 Å². The molecule has 1 heterocycles. The SMILES string of the molecule is C=Cc1ccc2c(C(=O)NC3CC3)cn(CC)c2c1. The van der Waals surface area contributed by atoms with E-state index < -0.39 is 0 Å². The van der Waals surface area contributed by atoms with Crippen LogP contribution in [0.1, 0.15) is 35.7 Å². The topological polar surface area (TPSA) is 34.0 Å². The molecule has 1 aromatic heterocycles. The molecule has 1 N–H and O–H groups in total. The fraction of sp³-hybridized carbons (Fsp3) is 0.312. The third-order valence-corrected chi connectivity index (χ3v) is 3.64. The van der Waals surface area contributed by atoms with Gasteiger partial charge in [0.2, 0.25) is 0 Å². The molecule has 1 saturated carbocycles. The van der Waals surface area contributed by atoms with Gasteiger partial charge in [-0.1, -0.05) is 24.8 Å². The van der Waals surface area contributed by atoms with Crippen LogP contribution in [0, 0.1) is 0 Å². The van der Waals surface area contributed by atoms with Gasteiger partial charge in [-0.15, -0.1) is 0 Å². The van der Waals surface area contributed by atoms with Crippen LogP contribution in [0.4, 0.5) is 0 Å². The van der Waals surface area contributed by atoms with Crippen LogP contribution in [-0.2, 0) is 6.54 Å². The van der Waals surface area contributed by atoms with Gasteiger partial charge in [0.15, 0.2) is 0 Å². The Balaban J connectivity index is 2.08. The number of hydrogen-bond donors (Lipinski definition) is 1.